The molecule has 0 aromatic carbocycles. The van der Waals surface area contributed by atoms with Crippen molar-refractivity contribution >= 4 is 5.97 Å². The molecule has 204 valence electrons. The molecule has 0 saturated carbocycles. The van der Waals surface area contributed by atoms with Crippen molar-refractivity contribution in [2.75, 3.05) is 0 Å². The van der Waals surface area contributed by atoms with Crippen LogP contribution in [0.3, 0.4) is 0 Å². The van der Waals surface area contributed by atoms with Crippen LogP contribution in [0.5, 0.6) is 0 Å². The Hall–Kier alpha value is -1.72. The van der Waals surface area contributed by atoms with E-state index < -0.39 is 72.4 Å². The summed E-state index contributed by atoms with van der Waals surface area (Å²) in [7, 11) is 0. The zero-order valence-electron chi connectivity index (χ0n) is 16.2. The van der Waals surface area contributed by atoms with E-state index in [1.165, 1.54) is 6.92 Å². The molecule has 0 heterocycles. The lowest BCUT2D eigenvalue weighted by molar-refractivity contribution is -0.462. The standard InChI is InChI=1S/C15H13F17O2/c1-2-3-4-6(7(33)34)5-8(16,17)9(18,19)10(20,21)11(22,23)12(24,25)13(26,27)14(28,29)15(30,31)32/h6H,2-5H2,1H3,(H,33,34). The molecule has 0 aliphatic carbocycles. The predicted octanol–water partition coefficient (Wildman–Crippen LogP) is 7.28. The van der Waals surface area contributed by atoms with Crippen molar-refractivity contribution in [1.82, 2.24) is 0 Å². The van der Waals surface area contributed by atoms with E-state index in [-0.39, 0.29) is 12.8 Å². The molecule has 0 saturated heterocycles. The number of rotatable bonds is 12. The maximum absolute atomic E-state index is 13.8. The second-order valence-electron chi connectivity index (χ2n) is 7.03. The Bertz CT molecular complexity index is 725. The van der Waals surface area contributed by atoms with Crippen LogP contribution in [0.25, 0.3) is 0 Å². The minimum absolute atomic E-state index is 0.00526. The third kappa shape index (κ3) is 4.70. The van der Waals surface area contributed by atoms with Crippen molar-refractivity contribution in [2.24, 2.45) is 5.92 Å². The molecule has 1 N–H and O–H groups in total. The minimum Gasteiger partial charge on any atom is -0.481 e. The average Bonchev–Trinajstić information content (AvgIpc) is 2.62. The van der Waals surface area contributed by atoms with Crippen LogP contribution in [0.4, 0.5) is 74.6 Å². The van der Waals surface area contributed by atoms with E-state index in [0.29, 0.717) is 0 Å². The first-order valence-electron chi connectivity index (χ1n) is 8.56. The number of hydrogen-bond acceptors (Lipinski definition) is 1. The molecule has 2 nitrogen and oxygen atoms in total. The summed E-state index contributed by atoms with van der Waals surface area (Å²) in [6.45, 7) is 1.29. The molecule has 0 bridgehead atoms. The lowest BCUT2D eigenvalue weighted by Crippen LogP contribution is -2.74. The topological polar surface area (TPSA) is 37.3 Å². The van der Waals surface area contributed by atoms with E-state index in [4.69, 9.17) is 5.11 Å². The first-order chi connectivity index (χ1) is 14.6. The molecular formula is C15H13F17O2. The van der Waals surface area contributed by atoms with Gasteiger partial charge in [-0.1, -0.05) is 19.8 Å². The van der Waals surface area contributed by atoms with Gasteiger partial charge in [0, 0.05) is 6.42 Å². The summed E-state index contributed by atoms with van der Waals surface area (Å²) in [6, 6.07) is 0. The molecule has 0 aliphatic heterocycles. The van der Waals surface area contributed by atoms with Crippen LogP contribution in [0.15, 0.2) is 0 Å². The van der Waals surface area contributed by atoms with E-state index in [1.54, 1.807) is 0 Å². The van der Waals surface area contributed by atoms with Gasteiger partial charge in [0.1, 0.15) is 0 Å². The molecule has 0 rings (SSSR count). The third-order valence-electron chi connectivity index (χ3n) is 4.55. The van der Waals surface area contributed by atoms with Crippen molar-refractivity contribution in [3.8, 4) is 0 Å². The second-order valence-corrected chi connectivity index (χ2v) is 7.03. The summed E-state index contributed by atoms with van der Waals surface area (Å²) in [5.41, 5.74) is 0. The average molecular weight is 548 g/mol. The fourth-order valence-corrected chi connectivity index (χ4v) is 2.40. The Morgan fingerprint density at radius 3 is 1.24 bits per heavy atom. The smallest absolute Gasteiger partial charge is 0.460 e. The summed E-state index contributed by atoms with van der Waals surface area (Å²) in [5, 5.41) is 8.67. The summed E-state index contributed by atoms with van der Waals surface area (Å²) in [6.07, 6.45) is -12.1. The molecule has 1 atom stereocenters. The molecule has 19 heteroatoms. The normalized spacial score (nSPS) is 16.5. The highest BCUT2D eigenvalue weighted by atomic mass is 19.4. The number of hydrogen-bond donors (Lipinski definition) is 1. The quantitative estimate of drug-likeness (QED) is 0.261. The van der Waals surface area contributed by atoms with Crippen molar-refractivity contribution in [1.29, 1.82) is 0 Å². The number of carbonyl (C=O) groups is 1. The van der Waals surface area contributed by atoms with Gasteiger partial charge in [0.05, 0.1) is 5.92 Å². The number of unbranched alkanes of at least 4 members (excludes halogenated alkanes) is 1. The van der Waals surface area contributed by atoms with E-state index >= 15 is 0 Å². The van der Waals surface area contributed by atoms with Crippen LogP contribution in [0.1, 0.15) is 32.6 Å². The van der Waals surface area contributed by atoms with Crippen LogP contribution in [0, 0.1) is 5.92 Å². The SMILES string of the molecule is CCCCC(CC(F)(F)C(F)(F)C(F)(F)C(F)(F)C(F)(F)C(F)(F)C(F)(F)C(F)(F)F)C(=O)O. The van der Waals surface area contributed by atoms with Gasteiger partial charge in [-0.15, -0.1) is 0 Å². The number of halogens is 17. The molecule has 34 heavy (non-hydrogen) atoms. The third-order valence-corrected chi connectivity index (χ3v) is 4.55. The summed E-state index contributed by atoms with van der Waals surface area (Å²) in [5.74, 6) is -62.2. The summed E-state index contributed by atoms with van der Waals surface area (Å²) in [4.78, 5) is 10.8. The Kier molecular flexibility index (Phi) is 8.60. The van der Waals surface area contributed by atoms with Crippen LogP contribution in [-0.2, 0) is 4.79 Å². The molecule has 0 aliphatic rings. The lowest BCUT2D eigenvalue weighted by atomic mass is 9.85. The van der Waals surface area contributed by atoms with Gasteiger partial charge >= 0.3 is 53.6 Å². The molecular weight excluding hydrogens is 535 g/mol. The lowest BCUT2D eigenvalue weighted by Gasteiger charge is -2.43. The number of carboxylic acids is 1. The van der Waals surface area contributed by atoms with Crippen LogP contribution in [0.2, 0.25) is 0 Å². The van der Waals surface area contributed by atoms with Gasteiger partial charge in [-0.25, -0.2) is 0 Å². The van der Waals surface area contributed by atoms with Crippen molar-refractivity contribution in [3.05, 3.63) is 0 Å². The van der Waals surface area contributed by atoms with Gasteiger partial charge in [-0.2, -0.15) is 74.6 Å². The summed E-state index contributed by atoms with van der Waals surface area (Å²) < 4.78 is 223. The van der Waals surface area contributed by atoms with E-state index in [0.717, 1.165) is 0 Å². The number of aliphatic carboxylic acids is 1. The fraction of sp³-hybridized carbons (Fsp3) is 0.933. The predicted molar refractivity (Wildman–Crippen MR) is 76.0 cm³/mol. The molecule has 1 unspecified atom stereocenters. The molecule has 0 fully saturated rings. The first-order valence-corrected chi connectivity index (χ1v) is 8.56. The highest BCUT2D eigenvalue weighted by Gasteiger charge is 2.95. The van der Waals surface area contributed by atoms with Crippen molar-refractivity contribution in [2.45, 2.75) is 80.2 Å². The second kappa shape index (κ2) is 9.05. The Labute approximate surface area is 178 Å². The highest BCUT2D eigenvalue weighted by molar-refractivity contribution is 5.70. The van der Waals surface area contributed by atoms with Gasteiger partial charge in [-0.05, 0) is 6.42 Å². The van der Waals surface area contributed by atoms with Gasteiger partial charge in [0.2, 0.25) is 0 Å². The van der Waals surface area contributed by atoms with Crippen LogP contribution in [-0.4, -0.2) is 58.7 Å². The van der Waals surface area contributed by atoms with E-state index in [2.05, 4.69) is 0 Å². The molecule has 0 aromatic heterocycles. The number of alkyl halides is 17. The first kappa shape index (κ1) is 32.3. The van der Waals surface area contributed by atoms with E-state index in [9.17, 15) is 79.4 Å². The largest absolute Gasteiger partial charge is 0.481 e. The maximum Gasteiger partial charge on any atom is 0.460 e. The molecule has 0 spiro atoms. The van der Waals surface area contributed by atoms with Gasteiger partial charge < -0.3 is 5.11 Å². The fourth-order valence-electron chi connectivity index (χ4n) is 2.40. The monoisotopic (exact) mass is 548 g/mol. The van der Waals surface area contributed by atoms with Gasteiger partial charge in [0.25, 0.3) is 0 Å². The minimum atomic E-state index is -8.70. The molecule has 0 aromatic rings. The maximum atomic E-state index is 13.8. The van der Waals surface area contributed by atoms with Gasteiger partial charge in [-0.3, -0.25) is 4.79 Å². The Balaban J connectivity index is 6.62. The highest BCUT2D eigenvalue weighted by Crippen LogP contribution is 2.64. The van der Waals surface area contributed by atoms with Crippen LogP contribution < -0.4 is 0 Å². The molecule has 0 radical (unpaired) electrons. The zero-order chi connectivity index (χ0) is 28.0. The van der Waals surface area contributed by atoms with Crippen molar-refractivity contribution in [3.63, 3.8) is 0 Å². The van der Waals surface area contributed by atoms with E-state index in [1.807, 2.05) is 0 Å². The Morgan fingerprint density at radius 2 is 0.941 bits per heavy atom. The summed E-state index contributed by atoms with van der Waals surface area (Å²) >= 11 is 0. The zero-order valence-corrected chi connectivity index (χ0v) is 16.2. The van der Waals surface area contributed by atoms with Crippen molar-refractivity contribution < 1.29 is 84.5 Å². The molecule has 0 amide bonds. The van der Waals surface area contributed by atoms with Gasteiger partial charge in [0.15, 0.2) is 0 Å². The number of carboxylic acid groups (broad SMARTS) is 1. The van der Waals surface area contributed by atoms with Crippen LogP contribution >= 0.6 is 0 Å². The Morgan fingerprint density at radius 1 is 0.618 bits per heavy atom.